The van der Waals surface area contributed by atoms with Gasteiger partial charge in [0.1, 0.15) is 17.2 Å². The van der Waals surface area contributed by atoms with E-state index in [1.54, 1.807) is 25.3 Å². The van der Waals surface area contributed by atoms with Crippen LogP contribution in [0.15, 0.2) is 24.4 Å². The fourth-order valence-electron chi connectivity index (χ4n) is 1.69. The summed E-state index contributed by atoms with van der Waals surface area (Å²) in [7, 11) is 3.08. The summed E-state index contributed by atoms with van der Waals surface area (Å²) in [6.45, 7) is 0. The van der Waals surface area contributed by atoms with Gasteiger partial charge in [-0.2, -0.15) is 0 Å². The van der Waals surface area contributed by atoms with Crippen LogP contribution in [-0.2, 0) is 11.2 Å². The summed E-state index contributed by atoms with van der Waals surface area (Å²) in [5.41, 5.74) is 1.08. The average molecular weight is 263 g/mol. The number of aromatic nitrogens is 3. The van der Waals surface area contributed by atoms with Gasteiger partial charge in [0.05, 0.1) is 32.5 Å². The van der Waals surface area contributed by atoms with Gasteiger partial charge < -0.3 is 14.6 Å². The summed E-state index contributed by atoms with van der Waals surface area (Å²) in [4.78, 5) is 10.8. The zero-order valence-corrected chi connectivity index (χ0v) is 10.5. The SMILES string of the molecule is COc1ccc(-n2nncc2CC(=O)O)c(OC)c1. The molecule has 19 heavy (non-hydrogen) atoms. The number of carbonyl (C=O) groups is 1. The number of hydrogen-bond acceptors (Lipinski definition) is 5. The van der Waals surface area contributed by atoms with Crippen molar-refractivity contribution in [1.82, 2.24) is 15.0 Å². The summed E-state index contributed by atoms with van der Waals surface area (Å²) in [6, 6.07) is 5.17. The largest absolute Gasteiger partial charge is 0.497 e. The van der Waals surface area contributed by atoms with Crippen LogP contribution in [0.2, 0.25) is 0 Å². The number of hydrogen-bond donors (Lipinski definition) is 1. The molecule has 0 unspecified atom stereocenters. The lowest BCUT2D eigenvalue weighted by Gasteiger charge is -2.11. The number of nitrogens with zero attached hydrogens (tertiary/aromatic N) is 3. The first kappa shape index (κ1) is 12.9. The van der Waals surface area contributed by atoms with Crippen molar-refractivity contribution in [2.24, 2.45) is 0 Å². The van der Waals surface area contributed by atoms with Crippen molar-refractivity contribution in [3.05, 3.63) is 30.1 Å². The number of ether oxygens (including phenoxy) is 2. The van der Waals surface area contributed by atoms with E-state index in [0.29, 0.717) is 22.9 Å². The van der Waals surface area contributed by atoms with Gasteiger partial charge in [0.2, 0.25) is 0 Å². The van der Waals surface area contributed by atoms with Crippen molar-refractivity contribution in [2.45, 2.75) is 6.42 Å². The molecule has 0 aliphatic rings. The van der Waals surface area contributed by atoms with E-state index < -0.39 is 5.97 Å². The van der Waals surface area contributed by atoms with Crippen LogP contribution in [0.1, 0.15) is 5.69 Å². The van der Waals surface area contributed by atoms with E-state index in [1.807, 2.05) is 0 Å². The van der Waals surface area contributed by atoms with Gasteiger partial charge in [-0.1, -0.05) is 5.21 Å². The summed E-state index contributed by atoms with van der Waals surface area (Å²) in [5, 5.41) is 16.5. The van der Waals surface area contributed by atoms with Crippen LogP contribution in [0.5, 0.6) is 11.5 Å². The second-order valence-corrected chi connectivity index (χ2v) is 3.75. The number of carboxylic acid groups (broad SMARTS) is 1. The summed E-state index contributed by atoms with van der Waals surface area (Å²) < 4.78 is 11.8. The lowest BCUT2D eigenvalue weighted by molar-refractivity contribution is -0.136. The Balaban J connectivity index is 2.46. The maximum atomic E-state index is 10.8. The minimum absolute atomic E-state index is 0.165. The first-order valence-electron chi connectivity index (χ1n) is 5.49. The number of rotatable bonds is 5. The number of aliphatic carboxylic acids is 1. The molecule has 1 heterocycles. The van der Waals surface area contributed by atoms with Crippen molar-refractivity contribution in [2.75, 3.05) is 14.2 Å². The second-order valence-electron chi connectivity index (χ2n) is 3.75. The molecule has 0 saturated carbocycles. The molecule has 0 aliphatic carbocycles. The van der Waals surface area contributed by atoms with Crippen molar-refractivity contribution >= 4 is 5.97 Å². The molecule has 100 valence electrons. The average Bonchev–Trinajstić information content (AvgIpc) is 2.85. The third-order valence-electron chi connectivity index (χ3n) is 2.57. The second kappa shape index (κ2) is 5.38. The standard InChI is InChI=1S/C12H13N3O4/c1-18-9-3-4-10(11(6-9)19-2)15-8(5-12(16)17)7-13-14-15/h3-4,6-7H,5H2,1-2H3,(H,16,17). The van der Waals surface area contributed by atoms with E-state index >= 15 is 0 Å². The minimum atomic E-state index is -0.948. The highest BCUT2D eigenvalue weighted by Gasteiger charge is 2.14. The zero-order chi connectivity index (χ0) is 13.8. The van der Waals surface area contributed by atoms with Crippen LogP contribution >= 0.6 is 0 Å². The molecular formula is C12H13N3O4. The van der Waals surface area contributed by atoms with Gasteiger partial charge in [-0.25, -0.2) is 4.68 Å². The number of benzene rings is 1. The molecule has 0 spiro atoms. The maximum Gasteiger partial charge on any atom is 0.309 e. The van der Waals surface area contributed by atoms with Crippen LogP contribution in [0.25, 0.3) is 5.69 Å². The van der Waals surface area contributed by atoms with Crippen molar-refractivity contribution in [3.8, 4) is 17.2 Å². The monoisotopic (exact) mass is 263 g/mol. The van der Waals surface area contributed by atoms with Crippen LogP contribution in [-0.4, -0.2) is 40.3 Å². The van der Waals surface area contributed by atoms with Gasteiger partial charge in [-0.15, -0.1) is 5.10 Å². The Bertz CT molecular complexity index is 594. The molecule has 0 atom stereocenters. The Kier molecular flexibility index (Phi) is 3.65. The first-order chi connectivity index (χ1) is 9.15. The Hall–Kier alpha value is -2.57. The van der Waals surface area contributed by atoms with Crippen LogP contribution < -0.4 is 9.47 Å². The predicted molar refractivity (Wildman–Crippen MR) is 65.8 cm³/mol. The van der Waals surface area contributed by atoms with Gasteiger partial charge in [0, 0.05) is 6.07 Å². The Morgan fingerprint density at radius 3 is 2.79 bits per heavy atom. The van der Waals surface area contributed by atoms with Gasteiger partial charge in [-0.3, -0.25) is 4.79 Å². The van der Waals surface area contributed by atoms with Crippen LogP contribution in [0.4, 0.5) is 0 Å². The highest BCUT2D eigenvalue weighted by molar-refractivity contribution is 5.69. The van der Waals surface area contributed by atoms with Gasteiger partial charge >= 0.3 is 5.97 Å². The number of methoxy groups -OCH3 is 2. The highest BCUT2D eigenvalue weighted by Crippen LogP contribution is 2.28. The van der Waals surface area contributed by atoms with Crippen LogP contribution in [0, 0.1) is 0 Å². The molecule has 7 nitrogen and oxygen atoms in total. The van der Waals surface area contributed by atoms with E-state index in [1.165, 1.54) is 18.0 Å². The van der Waals surface area contributed by atoms with Gasteiger partial charge in [0.25, 0.3) is 0 Å². The molecule has 0 saturated heterocycles. The molecule has 2 rings (SSSR count). The molecule has 7 heteroatoms. The lowest BCUT2D eigenvalue weighted by Crippen LogP contribution is -2.09. The van der Waals surface area contributed by atoms with E-state index in [2.05, 4.69) is 10.3 Å². The highest BCUT2D eigenvalue weighted by atomic mass is 16.5. The smallest absolute Gasteiger partial charge is 0.309 e. The summed E-state index contributed by atoms with van der Waals surface area (Å²) in [6.07, 6.45) is 1.25. The molecule has 1 aromatic carbocycles. The van der Waals surface area contributed by atoms with E-state index in [9.17, 15) is 4.79 Å². The summed E-state index contributed by atoms with van der Waals surface area (Å²) >= 11 is 0. The van der Waals surface area contributed by atoms with Crippen molar-refractivity contribution in [3.63, 3.8) is 0 Å². The Labute approximate surface area is 109 Å². The Morgan fingerprint density at radius 2 is 2.16 bits per heavy atom. The van der Waals surface area contributed by atoms with Gasteiger partial charge in [-0.05, 0) is 12.1 Å². The molecular weight excluding hydrogens is 250 g/mol. The molecule has 0 aliphatic heterocycles. The first-order valence-corrected chi connectivity index (χ1v) is 5.49. The molecule has 2 aromatic rings. The number of carboxylic acids is 1. The fraction of sp³-hybridized carbons (Fsp3) is 0.250. The molecule has 0 fully saturated rings. The normalized spacial score (nSPS) is 10.2. The predicted octanol–water partition coefficient (Wildman–Crippen LogP) is 0.912. The van der Waals surface area contributed by atoms with Crippen LogP contribution in [0.3, 0.4) is 0 Å². The van der Waals surface area contributed by atoms with E-state index in [0.717, 1.165) is 0 Å². The molecule has 1 N–H and O–H groups in total. The lowest BCUT2D eigenvalue weighted by atomic mass is 10.2. The quantitative estimate of drug-likeness (QED) is 0.862. The molecule has 1 aromatic heterocycles. The Morgan fingerprint density at radius 1 is 1.37 bits per heavy atom. The molecule has 0 bridgehead atoms. The topological polar surface area (TPSA) is 86.5 Å². The third-order valence-corrected chi connectivity index (χ3v) is 2.57. The third kappa shape index (κ3) is 2.65. The summed E-state index contributed by atoms with van der Waals surface area (Å²) in [5.74, 6) is 0.216. The van der Waals surface area contributed by atoms with Crippen molar-refractivity contribution < 1.29 is 19.4 Å². The molecule has 0 radical (unpaired) electrons. The maximum absolute atomic E-state index is 10.8. The fourth-order valence-corrected chi connectivity index (χ4v) is 1.69. The molecule has 0 amide bonds. The van der Waals surface area contributed by atoms with E-state index in [4.69, 9.17) is 14.6 Å². The van der Waals surface area contributed by atoms with E-state index in [-0.39, 0.29) is 6.42 Å². The zero-order valence-electron chi connectivity index (χ0n) is 10.5. The van der Waals surface area contributed by atoms with Crippen molar-refractivity contribution in [1.29, 1.82) is 0 Å². The van der Waals surface area contributed by atoms with Gasteiger partial charge in [0.15, 0.2) is 0 Å². The minimum Gasteiger partial charge on any atom is -0.497 e.